The summed E-state index contributed by atoms with van der Waals surface area (Å²) in [5.41, 5.74) is 2.76. The van der Waals surface area contributed by atoms with Gasteiger partial charge in [0, 0.05) is 12.1 Å². The van der Waals surface area contributed by atoms with Gasteiger partial charge in [-0.05, 0) is 63.3 Å². The van der Waals surface area contributed by atoms with Crippen molar-refractivity contribution in [1.29, 1.82) is 0 Å². The molecule has 0 aliphatic heterocycles. The van der Waals surface area contributed by atoms with Crippen molar-refractivity contribution in [3.05, 3.63) is 65.2 Å². The topological polar surface area (TPSA) is 58.6 Å². The molecule has 0 unspecified atom stereocenters. The van der Waals surface area contributed by atoms with E-state index in [0.717, 1.165) is 16.7 Å². The van der Waals surface area contributed by atoms with Gasteiger partial charge in [-0.15, -0.1) is 0 Å². The zero-order chi connectivity index (χ0) is 23.2. The van der Waals surface area contributed by atoms with Gasteiger partial charge in [-0.3, -0.25) is 9.59 Å². The molecule has 0 fully saturated rings. The van der Waals surface area contributed by atoms with Crippen molar-refractivity contribution in [2.45, 2.75) is 72.5 Å². The first-order valence-corrected chi connectivity index (χ1v) is 10.9. The standard InChI is InChI=1S/C26H36N2O3/c1-18(2)22-14-10-11-15-23(22)31-17-24(29)28(16-21-13-9-8-12-19(21)3)20(4)25(30)27-26(5,6)7/h8-15,18,20H,16-17H2,1-7H3,(H,27,30)/t20-/m1/s1. The maximum Gasteiger partial charge on any atom is 0.261 e. The van der Waals surface area contributed by atoms with Crippen LogP contribution in [-0.2, 0) is 16.1 Å². The van der Waals surface area contributed by atoms with Crippen LogP contribution >= 0.6 is 0 Å². The Morgan fingerprint density at radius 2 is 1.61 bits per heavy atom. The average Bonchev–Trinajstić information content (AvgIpc) is 2.69. The van der Waals surface area contributed by atoms with E-state index in [-0.39, 0.29) is 29.9 Å². The van der Waals surface area contributed by atoms with E-state index in [1.807, 2.05) is 76.2 Å². The van der Waals surface area contributed by atoms with E-state index in [1.165, 1.54) is 0 Å². The summed E-state index contributed by atoms with van der Waals surface area (Å²) in [5, 5.41) is 2.98. The number of nitrogens with zero attached hydrogens (tertiary/aromatic N) is 1. The smallest absolute Gasteiger partial charge is 0.261 e. The summed E-state index contributed by atoms with van der Waals surface area (Å²) in [4.78, 5) is 27.7. The molecule has 0 saturated carbocycles. The van der Waals surface area contributed by atoms with E-state index in [4.69, 9.17) is 4.74 Å². The third kappa shape index (κ3) is 7.12. The van der Waals surface area contributed by atoms with Crippen molar-refractivity contribution < 1.29 is 14.3 Å². The number of carbonyl (C=O) groups is 2. The van der Waals surface area contributed by atoms with Crippen LogP contribution in [0.25, 0.3) is 0 Å². The summed E-state index contributed by atoms with van der Waals surface area (Å²) < 4.78 is 5.92. The number of ether oxygens (including phenoxy) is 1. The first-order chi connectivity index (χ1) is 14.5. The Morgan fingerprint density at radius 3 is 2.23 bits per heavy atom. The van der Waals surface area contributed by atoms with Gasteiger partial charge in [-0.2, -0.15) is 0 Å². The molecular formula is C26H36N2O3. The minimum atomic E-state index is -0.629. The fraction of sp³-hybridized carbons (Fsp3) is 0.462. The highest BCUT2D eigenvalue weighted by atomic mass is 16.5. The number of para-hydroxylation sites is 1. The maximum atomic E-state index is 13.2. The molecule has 0 heterocycles. The molecule has 1 N–H and O–H groups in total. The van der Waals surface area contributed by atoms with E-state index in [1.54, 1.807) is 11.8 Å². The van der Waals surface area contributed by atoms with Crippen LogP contribution in [0, 0.1) is 6.92 Å². The Hall–Kier alpha value is -2.82. The van der Waals surface area contributed by atoms with Gasteiger partial charge in [0.15, 0.2) is 6.61 Å². The lowest BCUT2D eigenvalue weighted by molar-refractivity contribution is -0.142. The normalized spacial score (nSPS) is 12.4. The Morgan fingerprint density at radius 1 is 1.00 bits per heavy atom. The van der Waals surface area contributed by atoms with Gasteiger partial charge >= 0.3 is 0 Å². The minimum absolute atomic E-state index is 0.122. The Labute approximate surface area is 186 Å². The van der Waals surface area contributed by atoms with E-state index < -0.39 is 6.04 Å². The zero-order valence-corrected chi connectivity index (χ0v) is 19.9. The van der Waals surface area contributed by atoms with Crippen LogP contribution in [-0.4, -0.2) is 34.9 Å². The number of benzene rings is 2. The lowest BCUT2D eigenvalue weighted by Crippen LogP contribution is -2.53. The van der Waals surface area contributed by atoms with Crippen LogP contribution in [0.1, 0.15) is 64.2 Å². The van der Waals surface area contributed by atoms with Crippen molar-refractivity contribution in [3.8, 4) is 5.75 Å². The molecule has 2 aromatic rings. The van der Waals surface area contributed by atoms with Crippen molar-refractivity contribution in [3.63, 3.8) is 0 Å². The van der Waals surface area contributed by atoms with Crippen molar-refractivity contribution >= 4 is 11.8 Å². The van der Waals surface area contributed by atoms with E-state index >= 15 is 0 Å². The average molecular weight is 425 g/mol. The van der Waals surface area contributed by atoms with Crippen LogP contribution in [0.5, 0.6) is 5.75 Å². The largest absolute Gasteiger partial charge is 0.483 e. The summed E-state index contributed by atoms with van der Waals surface area (Å²) >= 11 is 0. The number of carbonyl (C=O) groups excluding carboxylic acids is 2. The predicted molar refractivity (Wildman–Crippen MR) is 125 cm³/mol. The molecule has 2 rings (SSSR count). The van der Waals surface area contributed by atoms with Gasteiger partial charge in [0.25, 0.3) is 5.91 Å². The second kappa shape index (κ2) is 10.5. The Kier molecular flexibility index (Phi) is 8.26. The van der Waals surface area contributed by atoms with Crippen LogP contribution < -0.4 is 10.1 Å². The summed E-state index contributed by atoms with van der Waals surface area (Å²) in [6, 6.07) is 15.0. The van der Waals surface area contributed by atoms with Crippen LogP contribution in [0.3, 0.4) is 0 Å². The molecule has 0 aliphatic carbocycles. The molecule has 0 spiro atoms. The van der Waals surface area contributed by atoms with Crippen LogP contribution in [0.4, 0.5) is 0 Å². The maximum absolute atomic E-state index is 13.2. The number of rotatable bonds is 8. The Bertz CT molecular complexity index is 900. The molecule has 168 valence electrons. The molecule has 0 aromatic heterocycles. The number of aryl methyl sites for hydroxylation is 1. The second-order valence-corrected chi connectivity index (χ2v) is 9.34. The molecule has 0 bridgehead atoms. The third-order valence-electron chi connectivity index (χ3n) is 5.16. The molecule has 0 saturated heterocycles. The van der Waals surface area contributed by atoms with Crippen molar-refractivity contribution in [2.75, 3.05) is 6.61 Å². The Balaban J connectivity index is 2.23. The van der Waals surface area contributed by atoms with Crippen molar-refractivity contribution in [2.24, 2.45) is 0 Å². The molecule has 0 aliphatic rings. The van der Waals surface area contributed by atoms with Crippen LogP contribution in [0.2, 0.25) is 0 Å². The van der Waals surface area contributed by atoms with E-state index in [2.05, 4.69) is 19.2 Å². The molecule has 1 atom stereocenters. The van der Waals surface area contributed by atoms with Gasteiger partial charge in [-0.1, -0.05) is 56.3 Å². The summed E-state index contributed by atoms with van der Waals surface area (Å²) in [7, 11) is 0. The fourth-order valence-electron chi connectivity index (χ4n) is 3.34. The molecule has 31 heavy (non-hydrogen) atoms. The molecule has 0 radical (unpaired) electrons. The minimum Gasteiger partial charge on any atom is -0.483 e. The van der Waals surface area contributed by atoms with Gasteiger partial charge in [0.05, 0.1) is 0 Å². The quantitative estimate of drug-likeness (QED) is 0.660. The predicted octanol–water partition coefficient (Wildman–Crippen LogP) is 4.83. The van der Waals surface area contributed by atoms with Crippen LogP contribution in [0.15, 0.2) is 48.5 Å². The molecule has 5 nitrogen and oxygen atoms in total. The highest BCUT2D eigenvalue weighted by molar-refractivity contribution is 5.88. The zero-order valence-electron chi connectivity index (χ0n) is 19.9. The summed E-state index contributed by atoms with van der Waals surface area (Å²) in [5.74, 6) is 0.578. The lowest BCUT2D eigenvalue weighted by atomic mass is 10.0. The van der Waals surface area contributed by atoms with Crippen molar-refractivity contribution in [1.82, 2.24) is 10.2 Å². The second-order valence-electron chi connectivity index (χ2n) is 9.34. The number of amides is 2. The molecular weight excluding hydrogens is 388 g/mol. The fourth-order valence-corrected chi connectivity index (χ4v) is 3.34. The highest BCUT2D eigenvalue weighted by Gasteiger charge is 2.29. The molecule has 2 amide bonds. The number of hydrogen-bond donors (Lipinski definition) is 1. The number of hydrogen-bond acceptors (Lipinski definition) is 3. The monoisotopic (exact) mass is 424 g/mol. The SMILES string of the molecule is Cc1ccccc1CN(C(=O)COc1ccccc1C(C)C)[C@H](C)C(=O)NC(C)(C)C. The molecule has 2 aromatic carbocycles. The lowest BCUT2D eigenvalue weighted by Gasteiger charge is -2.32. The first kappa shape index (κ1) is 24.4. The first-order valence-electron chi connectivity index (χ1n) is 10.9. The third-order valence-corrected chi connectivity index (χ3v) is 5.16. The van der Waals surface area contributed by atoms with Gasteiger partial charge < -0.3 is 15.0 Å². The van der Waals surface area contributed by atoms with Gasteiger partial charge in [0.1, 0.15) is 11.8 Å². The van der Waals surface area contributed by atoms with E-state index in [0.29, 0.717) is 12.3 Å². The van der Waals surface area contributed by atoms with Gasteiger partial charge in [-0.25, -0.2) is 0 Å². The summed E-state index contributed by atoms with van der Waals surface area (Å²) in [6.07, 6.45) is 0. The molecule has 5 heteroatoms. The van der Waals surface area contributed by atoms with E-state index in [9.17, 15) is 9.59 Å². The highest BCUT2D eigenvalue weighted by Crippen LogP contribution is 2.26. The van der Waals surface area contributed by atoms with Gasteiger partial charge in [0.2, 0.25) is 5.91 Å². The summed E-state index contributed by atoms with van der Waals surface area (Å²) in [6.45, 7) is 14.0. The number of nitrogens with one attached hydrogen (secondary N) is 1.